The highest BCUT2D eigenvalue weighted by molar-refractivity contribution is 6.14. The summed E-state index contributed by atoms with van der Waals surface area (Å²) in [6.45, 7) is 0. The van der Waals surface area contributed by atoms with Gasteiger partial charge in [0, 0.05) is 27.8 Å². The first-order chi connectivity index (χ1) is 33.6. The summed E-state index contributed by atoms with van der Waals surface area (Å²) in [5, 5.41) is 18.0. The number of nitriles is 1. The summed E-state index contributed by atoms with van der Waals surface area (Å²) in [6.07, 6.45) is 0. The third-order valence-corrected chi connectivity index (χ3v) is 13.0. The summed E-state index contributed by atoms with van der Waals surface area (Å²) in [5.74, 6) is 1.81. The molecule has 4 nitrogen and oxygen atoms in total. The van der Waals surface area contributed by atoms with Crippen LogP contribution in [0.25, 0.3) is 122 Å². The number of rotatable bonds is 8. The molecular formula is C64H40N4. The zero-order valence-electron chi connectivity index (χ0n) is 36.9. The molecule has 0 spiro atoms. The smallest absolute Gasteiger partial charge is 0.164 e. The van der Waals surface area contributed by atoms with Crippen molar-refractivity contribution in [2.75, 3.05) is 0 Å². The lowest BCUT2D eigenvalue weighted by molar-refractivity contribution is 1.07. The average Bonchev–Trinajstić information content (AvgIpc) is 3.42. The van der Waals surface area contributed by atoms with E-state index < -0.39 is 0 Å². The van der Waals surface area contributed by atoms with Gasteiger partial charge < -0.3 is 0 Å². The zero-order chi connectivity index (χ0) is 45.4. The van der Waals surface area contributed by atoms with Crippen molar-refractivity contribution in [1.29, 1.82) is 5.26 Å². The molecule has 0 atom stereocenters. The number of nitrogens with zero attached hydrogens (tertiary/aromatic N) is 4. The monoisotopic (exact) mass is 864 g/mol. The highest BCUT2D eigenvalue weighted by atomic mass is 15.0. The van der Waals surface area contributed by atoms with Crippen molar-refractivity contribution in [2.24, 2.45) is 0 Å². The van der Waals surface area contributed by atoms with Crippen LogP contribution in [0.3, 0.4) is 0 Å². The van der Waals surface area contributed by atoms with E-state index in [1.807, 2.05) is 48.5 Å². The van der Waals surface area contributed by atoms with Crippen molar-refractivity contribution >= 4 is 32.3 Å². The fraction of sp³-hybridized carbons (Fsp3) is 0. The fourth-order valence-corrected chi connectivity index (χ4v) is 9.61. The third-order valence-electron chi connectivity index (χ3n) is 13.0. The van der Waals surface area contributed by atoms with Crippen LogP contribution in [0.1, 0.15) is 5.56 Å². The molecule has 316 valence electrons. The molecule has 12 aromatic rings. The number of hydrogen-bond acceptors (Lipinski definition) is 4. The summed E-state index contributed by atoms with van der Waals surface area (Å²) >= 11 is 0. The Balaban J connectivity index is 0.887. The molecule has 0 bridgehead atoms. The molecule has 0 amide bonds. The van der Waals surface area contributed by atoms with Crippen LogP contribution in [0.2, 0.25) is 0 Å². The molecule has 0 aliphatic carbocycles. The van der Waals surface area contributed by atoms with Gasteiger partial charge in [-0.25, -0.2) is 15.0 Å². The minimum Gasteiger partial charge on any atom is -0.208 e. The molecule has 0 aliphatic heterocycles. The SMILES string of the molecule is N#Cc1c(-c2ccc(-c3cccc(-c4nc(-c5ccccc5)nc(-c5ccccc5-c5ccc6ccccc6c5)n4)c3)cc2)cccc1-c1cccc(-c2cc3ccccc3c3ccccc23)c1. The summed E-state index contributed by atoms with van der Waals surface area (Å²) in [5.41, 5.74) is 13.6. The van der Waals surface area contributed by atoms with E-state index in [9.17, 15) is 5.26 Å². The summed E-state index contributed by atoms with van der Waals surface area (Å²) in [7, 11) is 0. The van der Waals surface area contributed by atoms with Gasteiger partial charge in [0.25, 0.3) is 0 Å². The van der Waals surface area contributed by atoms with Crippen LogP contribution in [-0.4, -0.2) is 15.0 Å². The van der Waals surface area contributed by atoms with E-state index in [2.05, 4.69) is 200 Å². The average molecular weight is 865 g/mol. The second kappa shape index (κ2) is 17.2. The van der Waals surface area contributed by atoms with Gasteiger partial charge in [0.1, 0.15) is 6.07 Å². The van der Waals surface area contributed by atoms with Crippen molar-refractivity contribution in [3.63, 3.8) is 0 Å². The normalized spacial score (nSPS) is 11.2. The lowest BCUT2D eigenvalue weighted by Crippen LogP contribution is -2.01. The van der Waals surface area contributed by atoms with Crippen molar-refractivity contribution in [2.45, 2.75) is 0 Å². The molecule has 0 radical (unpaired) electrons. The van der Waals surface area contributed by atoms with Crippen LogP contribution in [0, 0.1) is 11.3 Å². The molecule has 0 saturated heterocycles. The number of aromatic nitrogens is 3. The van der Waals surface area contributed by atoms with Crippen molar-refractivity contribution in [3.05, 3.63) is 248 Å². The topological polar surface area (TPSA) is 62.5 Å². The van der Waals surface area contributed by atoms with Gasteiger partial charge in [-0.3, -0.25) is 0 Å². The fourth-order valence-electron chi connectivity index (χ4n) is 9.61. The van der Waals surface area contributed by atoms with Crippen LogP contribution < -0.4 is 0 Å². The number of fused-ring (bicyclic) bond motifs is 4. The minimum absolute atomic E-state index is 0.592. The standard InChI is InChI=1S/C64H40N4/c65-41-61-53(29-14-30-56(61)48-21-13-22-49(39-48)60-40-50-19-6-7-24-54(50)57-26-9-10-27-58(57)60)44-34-31-43(32-35-44)47-20-12-23-52(38-47)63-66-62(45-16-2-1-3-17-45)67-64(68-63)59-28-11-8-25-55(59)51-36-33-42-15-4-5-18-46(42)37-51/h1-40H. The predicted octanol–water partition coefficient (Wildman–Crippen LogP) is 16.5. The van der Waals surface area contributed by atoms with E-state index in [0.717, 1.165) is 66.8 Å². The second-order valence-electron chi connectivity index (χ2n) is 17.0. The highest BCUT2D eigenvalue weighted by Gasteiger charge is 2.18. The van der Waals surface area contributed by atoms with Crippen LogP contribution in [0.5, 0.6) is 0 Å². The van der Waals surface area contributed by atoms with E-state index in [0.29, 0.717) is 23.0 Å². The Morgan fingerprint density at radius 1 is 0.250 bits per heavy atom. The number of benzene rings is 11. The van der Waals surface area contributed by atoms with E-state index in [4.69, 9.17) is 15.0 Å². The van der Waals surface area contributed by atoms with Crippen molar-refractivity contribution < 1.29 is 0 Å². The second-order valence-corrected chi connectivity index (χ2v) is 17.0. The van der Waals surface area contributed by atoms with Crippen LogP contribution in [0.15, 0.2) is 243 Å². The molecule has 1 heterocycles. The van der Waals surface area contributed by atoms with E-state index in [1.165, 1.54) is 37.9 Å². The van der Waals surface area contributed by atoms with Gasteiger partial charge in [-0.05, 0) is 101 Å². The highest BCUT2D eigenvalue weighted by Crippen LogP contribution is 2.40. The Morgan fingerprint density at radius 2 is 0.735 bits per heavy atom. The maximum atomic E-state index is 10.8. The lowest BCUT2D eigenvalue weighted by Gasteiger charge is -2.14. The molecule has 1 aromatic heterocycles. The maximum Gasteiger partial charge on any atom is 0.164 e. The lowest BCUT2D eigenvalue weighted by atomic mass is 9.89. The Hall–Kier alpha value is -9.30. The van der Waals surface area contributed by atoms with E-state index >= 15 is 0 Å². The van der Waals surface area contributed by atoms with Crippen LogP contribution in [0.4, 0.5) is 0 Å². The van der Waals surface area contributed by atoms with E-state index in [1.54, 1.807) is 0 Å². The Kier molecular flexibility index (Phi) is 10.2. The molecule has 0 fully saturated rings. The largest absolute Gasteiger partial charge is 0.208 e. The van der Waals surface area contributed by atoms with E-state index in [-0.39, 0.29) is 0 Å². The van der Waals surface area contributed by atoms with Crippen LogP contribution >= 0.6 is 0 Å². The third kappa shape index (κ3) is 7.45. The molecule has 0 saturated carbocycles. The molecule has 0 unspecified atom stereocenters. The first-order valence-corrected chi connectivity index (χ1v) is 22.8. The van der Waals surface area contributed by atoms with Gasteiger partial charge in [-0.2, -0.15) is 5.26 Å². The van der Waals surface area contributed by atoms with Gasteiger partial charge in [0.15, 0.2) is 17.5 Å². The summed E-state index contributed by atoms with van der Waals surface area (Å²) < 4.78 is 0. The number of hydrogen-bond donors (Lipinski definition) is 0. The molecule has 11 aromatic carbocycles. The Labute approximate surface area is 394 Å². The quantitative estimate of drug-likeness (QED) is 0.143. The van der Waals surface area contributed by atoms with Gasteiger partial charge in [-0.15, -0.1) is 0 Å². The Morgan fingerprint density at radius 3 is 1.51 bits per heavy atom. The maximum absolute atomic E-state index is 10.8. The first kappa shape index (κ1) is 40.2. The zero-order valence-corrected chi connectivity index (χ0v) is 36.9. The van der Waals surface area contributed by atoms with Crippen LogP contribution in [-0.2, 0) is 0 Å². The van der Waals surface area contributed by atoms with Crippen molar-refractivity contribution in [3.8, 4) is 95.9 Å². The van der Waals surface area contributed by atoms with Gasteiger partial charge >= 0.3 is 0 Å². The summed E-state index contributed by atoms with van der Waals surface area (Å²) in [4.78, 5) is 15.4. The minimum atomic E-state index is 0.592. The van der Waals surface area contributed by atoms with Gasteiger partial charge in [0.2, 0.25) is 0 Å². The molecule has 68 heavy (non-hydrogen) atoms. The molecule has 12 rings (SSSR count). The molecule has 0 N–H and O–H groups in total. The molecule has 0 aliphatic rings. The van der Waals surface area contributed by atoms with Crippen molar-refractivity contribution in [1.82, 2.24) is 15.0 Å². The Bertz CT molecular complexity index is 3920. The van der Waals surface area contributed by atoms with Gasteiger partial charge in [-0.1, -0.05) is 218 Å². The molecule has 4 heteroatoms. The van der Waals surface area contributed by atoms with Gasteiger partial charge in [0.05, 0.1) is 5.56 Å². The predicted molar refractivity (Wildman–Crippen MR) is 281 cm³/mol. The first-order valence-electron chi connectivity index (χ1n) is 22.8. The molecular weight excluding hydrogens is 825 g/mol. The summed E-state index contributed by atoms with van der Waals surface area (Å²) in [6, 6.07) is 87.0.